The highest BCUT2D eigenvalue weighted by Crippen LogP contribution is 2.33. The summed E-state index contributed by atoms with van der Waals surface area (Å²) >= 11 is 0. The summed E-state index contributed by atoms with van der Waals surface area (Å²) in [6.07, 6.45) is 10.0. The first-order chi connectivity index (χ1) is 7.65. The molecule has 2 unspecified atom stereocenters. The van der Waals surface area contributed by atoms with Gasteiger partial charge in [0.2, 0.25) is 0 Å². The average molecular weight is 219 g/mol. The van der Waals surface area contributed by atoms with E-state index in [0.717, 1.165) is 12.8 Å². The summed E-state index contributed by atoms with van der Waals surface area (Å²) in [7, 11) is 0. The van der Waals surface area contributed by atoms with Gasteiger partial charge >= 0.3 is 6.03 Å². The predicted molar refractivity (Wildman–Crippen MR) is 62.9 cm³/mol. The monoisotopic (exact) mass is 219 g/mol. The molecule has 1 aliphatic heterocycles. The lowest BCUT2D eigenvalue weighted by Gasteiger charge is -2.31. The lowest BCUT2D eigenvalue weighted by molar-refractivity contribution is 0.181. The van der Waals surface area contributed by atoms with Crippen LogP contribution in [0.2, 0.25) is 0 Å². The van der Waals surface area contributed by atoms with Crippen molar-refractivity contribution in [3.63, 3.8) is 0 Å². The first kappa shape index (κ1) is 11.0. The third-order valence-electron chi connectivity index (χ3n) is 3.55. The van der Waals surface area contributed by atoms with Gasteiger partial charge in [0, 0.05) is 0 Å². The van der Waals surface area contributed by atoms with Crippen LogP contribution >= 0.6 is 0 Å². The number of hydrogen-bond donors (Lipinski definition) is 1. The molecule has 0 spiro atoms. The van der Waals surface area contributed by atoms with E-state index in [1.807, 2.05) is 6.92 Å². The van der Waals surface area contributed by atoms with Gasteiger partial charge in [-0.05, 0) is 25.7 Å². The topological polar surface area (TPSA) is 58.7 Å². The number of aliphatic imine (C=N–C) groups is 1. The van der Waals surface area contributed by atoms with E-state index in [-0.39, 0.29) is 18.1 Å². The highest BCUT2D eigenvalue weighted by Gasteiger charge is 2.41. The summed E-state index contributed by atoms with van der Waals surface area (Å²) < 4.78 is 0. The zero-order chi connectivity index (χ0) is 11.7. The molecule has 1 aliphatic carbocycles. The summed E-state index contributed by atoms with van der Waals surface area (Å²) in [6, 6.07) is -0.580. The van der Waals surface area contributed by atoms with Crippen LogP contribution in [0.5, 0.6) is 0 Å². The van der Waals surface area contributed by atoms with Crippen molar-refractivity contribution in [2.45, 2.75) is 44.7 Å². The summed E-state index contributed by atoms with van der Waals surface area (Å²) in [6.45, 7) is 1.84. The fourth-order valence-corrected chi connectivity index (χ4v) is 2.72. The molecule has 1 saturated carbocycles. The van der Waals surface area contributed by atoms with Crippen LogP contribution < -0.4 is 5.73 Å². The van der Waals surface area contributed by atoms with E-state index in [1.165, 1.54) is 12.8 Å². The number of amides is 2. The molecular formula is C12H17N3O. The van der Waals surface area contributed by atoms with E-state index in [9.17, 15) is 4.79 Å². The Morgan fingerprint density at radius 3 is 2.75 bits per heavy atom. The van der Waals surface area contributed by atoms with Crippen LogP contribution in [-0.4, -0.2) is 28.9 Å². The van der Waals surface area contributed by atoms with Gasteiger partial charge in [0.05, 0.1) is 12.1 Å². The first-order valence-corrected chi connectivity index (χ1v) is 5.77. The van der Waals surface area contributed by atoms with Crippen molar-refractivity contribution in [1.29, 1.82) is 0 Å². The fourth-order valence-electron chi connectivity index (χ4n) is 2.72. The summed E-state index contributed by atoms with van der Waals surface area (Å²) in [5.41, 5.74) is 5.85. The molecule has 0 radical (unpaired) electrons. The van der Waals surface area contributed by atoms with E-state index < -0.39 is 0 Å². The van der Waals surface area contributed by atoms with Gasteiger partial charge < -0.3 is 5.73 Å². The fraction of sp³-hybridized carbons (Fsp3) is 0.667. The summed E-state index contributed by atoms with van der Waals surface area (Å²) in [5, 5.41) is 0. The maximum Gasteiger partial charge on any atom is 0.346 e. The zero-order valence-electron chi connectivity index (χ0n) is 9.52. The zero-order valence-corrected chi connectivity index (χ0v) is 9.52. The molecule has 0 bridgehead atoms. The molecule has 2 aliphatic rings. The van der Waals surface area contributed by atoms with Gasteiger partial charge in [0.25, 0.3) is 0 Å². The smallest absolute Gasteiger partial charge is 0.346 e. The lowest BCUT2D eigenvalue weighted by Crippen LogP contribution is -2.48. The molecule has 2 rings (SSSR count). The molecule has 86 valence electrons. The minimum Gasteiger partial charge on any atom is -0.385 e. The van der Waals surface area contributed by atoms with Crippen molar-refractivity contribution >= 4 is 11.9 Å². The van der Waals surface area contributed by atoms with Crippen molar-refractivity contribution in [2.75, 3.05) is 0 Å². The van der Waals surface area contributed by atoms with E-state index >= 15 is 0 Å². The van der Waals surface area contributed by atoms with Crippen molar-refractivity contribution in [1.82, 2.24) is 4.90 Å². The maximum atomic E-state index is 11.7. The summed E-state index contributed by atoms with van der Waals surface area (Å²) in [5.74, 6) is 3.47. The van der Waals surface area contributed by atoms with Crippen molar-refractivity contribution in [2.24, 2.45) is 16.6 Å². The molecule has 0 saturated heterocycles. The third-order valence-corrected chi connectivity index (χ3v) is 3.55. The number of nitrogens with zero attached hydrogens (tertiary/aromatic N) is 2. The molecule has 16 heavy (non-hydrogen) atoms. The second-order valence-corrected chi connectivity index (χ2v) is 4.56. The molecule has 2 amide bonds. The Morgan fingerprint density at radius 1 is 1.56 bits per heavy atom. The number of carbonyl (C=O) groups excluding carboxylic acids is 1. The molecule has 2 N–H and O–H groups in total. The second-order valence-electron chi connectivity index (χ2n) is 4.56. The van der Waals surface area contributed by atoms with Crippen molar-refractivity contribution < 1.29 is 4.79 Å². The number of terminal acetylenes is 1. The third kappa shape index (κ3) is 1.67. The van der Waals surface area contributed by atoms with Crippen LogP contribution in [0.4, 0.5) is 4.79 Å². The average Bonchev–Trinajstić information content (AvgIpc) is 2.84. The molecule has 1 fully saturated rings. The SMILES string of the molecule is C#CC(C)N1C(=O)N=C(N)C1C1CCCC1. The van der Waals surface area contributed by atoms with Gasteiger partial charge in [-0.25, -0.2) is 4.79 Å². The lowest BCUT2D eigenvalue weighted by atomic mass is 9.95. The Bertz CT molecular complexity index is 363. The molecule has 2 atom stereocenters. The van der Waals surface area contributed by atoms with E-state index in [1.54, 1.807) is 4.90 Å². The highest BCUT2D eigenvalue weighted by atomic mass is 16.2. The molecule has 4 nitrogen and oxygen atoms in total. The van der Waals surface area contributed by atoms with Crippen LogP contribution in [0, 0.1) is 18.3 Å². The molecule has 0 aromatic rings. The molecule has 0 aromatic carbocycles. The van der Waals surface area contributed by atoms with Crippen LogP contribution in [0.25, 0.3) is 0 Å². The van der Waals surface area contributed by atoms with Crippen LogP contribution in [0.3, 0.4) is 0 Å². The molecule has 1 heterocycles. The van der Waals surface area contributed by atoms with Gasteiger partial charge in [-0.1, -0.05) is 18.8 Å². The second kappa shape index (κ2) is 4.17. The van der Waals surface area contributed by atoms with E-state index in [2.05, 4.69) is 10.9 Å². The normalized spacial score (nSPS) is 28.0. The standard InChI is InChI=1S/C12H17N3O/c1-3-8(2)15-10(9-6-4-5-7-9)11(13)14-12(15)16/h1,8-10H,4-7H2,2H3,(H2,13,14,16). The first-order valence-electron chi connectivity index (χ1n) is 5.77. The minimum atomic E-state index is -0.278. The van der Waals surface area contributed by atoms with E-state index in [4.69, 9.17) is 12.2 Å². The number of hydrogen-bond acceptors (Lipinski definition) is 2. The van der Waals surface area contributed by atoms with Gasteiger partial charge in [0.15, 0.2) is 0 Å². The molecular weight excluding hydrogens is 202 g/mol. The Balaban J connectivity index is 2.22. The Hall–Kier alpha value is -1.50. The van der Waals surface area contributed by atoms with Crippen molar-refractivity contribution in [3.8, 4) is 12.3 Å². The van der Waals surface area contributed by atoms with Crippen molar-refractivity contribution in [3.05, 3.63) is 0 Å². The maximum absolute atomic E-state index is 11.7. The minimum absolute atomic E-state index is 0.0685. The van der Waals surface area contributed by atoms with Crippen LogP contribution in [-0.2, 0) is 0 Å². The largest absolute Gasteiger partial charge is 0.385 e. The van der Waals surface area contributed by atoms with Gasteiger partial charge in [-0.2, -0.15) is 4.99 Å². The molecule has 0 aromatic heterocycles. The van der Waals surface area contributed by atoms with Crippen LogP contribution in [0.15, 0.2) is 4.99 Å². The Labute approximate surface area is 95.9 Å². The number of rotatable bonds is 2. The highest BCUT2D eigenvalue weighted by molar-refractivity contribution is 6.03. The molecule has 4 heteroatoms. The summed E-state index contributed by atoms with van der Waals surface area (Å²) in [4.78, 5) is 17.2. The van der Waals surface area contributed by atoms with Crippen LogP contribution in [0.1, 0.15) is 32.6 Å². The van der Waals surface area contributed by atoms with Gasteiger partial charge in [-0.15, -0.1) is 6.42 Å². The van der Waals surface area contributed by atoms with E-state index in [0.29, 0.717) is 11.8 Å². The quantitative estimate of drug-likeness (QED) is 0.713. The number of urea groups is 1. The Morgan fingerprint density at radius 2 is 2.19 bits per heavy atom. The van der Waals surface area contributed by atoms with Gasteiger partial charge in [-0.3, -0.25) is 4.90 Å². The Kier molecular flexibility index (Phi) is 2.86. The number of nitrogens with two attached hydrogens (primary N) is 1. The van der Waals surface area contributed by atoms with Gasteiger partial charge in [0.1, 0.15) is 5.84 Å². The number of carbonyl (C=O) groups is 1. The number of amidine groups is 1. The predicted octanol–water partition coefficient (Wildman–Crippen LogP) is 1.36.